The van der Waals surface area contributed by atoms with E-state index in [1.165, 1.54) is 6.42 Å². The van der Waals surface area contributed by atoms with Gasteiger partial charge in [0.2, 0.25) is 0 Å². The number of nitrogens with zero attached hydrogens (tertiary/aromatic N) is 1. The number of hydrogen-bond acceptors (Lipinski definition) is 3. The van der Waals surface area contributed by atoms with Crippen LogP contribution in [0.25, 0.3) is 11.1 Å². The van der Waals surface area contributed by atoms with Crippen LogP contribution in [0.5, 0.6) is 5.75 Å². The molecule has 0 radical (unpaired) electrons. The van der Waals surface area contributed by atoms with Crippen molar-refractivity contribution >= 4 is 6.03 Å². The topological polar surface area (TPSA) is 55.3 Å². The molecule has 1 amide bonds. The van der Waals surface area contributed by atoms with Gasteiger partial charge in [-0.1, -0.05) is 18.2 Å². The minimum atomic E-state index is -0.0644. The molecule has 23 heavy (non-hydrogen) atoms. The Morgan fingerprint density at radius 1 is 1.30 bits per heavy atom. The molecule has 5 heteroatoms. The Labute approximate surface area is 135 Å². The normalized spacial score (nSPS) is 25.5. The molecule has 2 saturated heterocycles. The summed E-state index contributed by atoms with van der Waals surface area (Å²) >= 11 is 0. The fourth-order valence-electron chi connectivity index (χ4n) is 3.78. The average Bonchev–Trinajstić information content (AvgIpc) is 3.31. The number of benzene rings is 1. The second kappa shape index (κ2) is 5.74. The molecule has 2 aliphatic heterocycles. The lowest BCUT2D eigenvalue weighted by Crippen LogP contribution is -2.44. The molecule has 2 aliphatic rings. The van der Waals surface area contributed by atoms with Crippen molar-refractivity contribution in [3.8, 4) is 16.9 Å². The molecule has 3 atom stereocenters. The van der Waals surface area contributed by atoms with Gasteiger partial charge in [-0.15, -0.1) is 0 Å². The molecule has 1 aromatic carbocycles. The number of para-hydroxylation sites is 1. The molecular formula is C18H21N3O2. The van der Waals surface area contributed by atoms with Gasteiger partial charge in [-0.2, -0.15) is 0 Å². The monoisotopic (exact) mass is 311 g/mol. The number of amides is 1. The highest BCUT2D eigenvalue weighted by molar-refractivity contribution is 5.80. The average molecular weight is 311 g/mol. The van der Waals surface area contributed by atoms with Crippen molar-refractivity contribution in [2.75, 3.05) is 7.11 Å². The van der Waals surface area contributed by atoms with Crippen LogP contribution in [0.1, 0.15) is 19.3 Å². The molecule has 120 valence electrons. The second-order valence-electron chi connectivity index (χ2n) is 6.35. The summed E-state index contributed by atoms with van der Waals surface area (Å²) in [4.78, 5) is 12.5. The largest absolute Gasteiger partial charge is 0.496 e. The number of aromatic nitrogens is 1. The second-order valence-corrected chi connectivity index (χ2v) is 6.35. The maximum absolute atomic E-state index is 12.5. The van der Waals surface area contributed by atoms with Crippen LogP contribution in [-0.2, 0) is 0 Å². The highest BCUT2D eigenvalue weighted by atomic mass is 16.5. The first-order valence-corrected chi connectivity index (χ1v) is 8.13. The summed E-state index contributed by atoms with van der Waals surface area (Å²) in [7, 11) is 1.66. The predicted molar refractivity (Wildman–Crippen MR) is 88.7 cm³/mol. The van der Waals surface area contributed by atoms with E-state index < -0.39 is 0 Å². The first-order chi connectivity index (χ1) is 11.2. The van der Waals surface area contributed by atoms with Crippen LogP contribution < -0.4 is 15.4 Å². The number of rotatable bonds is 3. The summed E-state index contributed by atoms with van der Waals surface area (Å²) in [6.07, 6.45) is 7.09. The van der Waals surface area contributed by atoms with Crippen molar-refractivity contribution in [2.24, 2.45) is 0 Å². The Bertz CT molecular complexity index is 725. The van der Waals surface area contributed by atoms with Crippen LogP contribution in [-0.4, -0.2) is 35.8 Å². The lowest BCUT2D eigenvalue weighted by atomic mass is 9.96. The van der Waals surface area contributed by atoms with Crippen molar-refractivity contribution in [3.63, 3.8) is 0 Å². The third-order valence-electron chi connectivity index (χ3n) is 4.95. The van der Waals surface area contributed by atoms with E-state index in [-0.39, 0.29) is 12.1 Å². The number of nitrogens with one attached hydrogen (secondary N) is 2. The first kappa shape index (κ1) is 14.3. The van der Waals surface area contributed by atoms with Gasteiger partial charge in [-0.25, -0.2) is 4.79 Å². The van der Waals surface area contributed by atoms with Crippen LogP contribution >= 0.6 is 0 Å². The Morgan fingerprint density at radius 3 is 2.91 bits per heavy atom. The fraction of sp³-hybridized carbons (Fsp3) is 0.389. The van der Waals surface area contributed by atoms with Gasteiger partial charge in [0.1, 0.15) is 5.75 Å². The molecule has 2 N–H and O–H groups in total. The van der Waals surface area contributed by atoms with Gasteiger partial charge < -0.3 is 15.4 Å². The van der Waals surface area contributed by atoms with E-state index in [0.717, 1.165) is 29.7 Å². The number of hydrogen-bond donors (Lipinski definition) is 2. The van der Waals surface area contributed by atoms with Gasteiger partial charge in [0, 0.05) is 41.6 Å². The van der Waals surface area contributed by atoms with Crippen molar-refractivity contribution < 1.29 is 9.53 Å². The number of carbonyl (C=O) groups is 1. The van der Waals surface area contributed by atoms with Gasteiger partial charge in [-0.3, -0.25) is 4.57 Å². The van der Waals surface area contributed by atoms with E-state index in [9.17, 15) is 4.79 Å². The zero-order valence-corrected chi connectivity index (χ0v) is 13.2. The molecule has 4 rings (SSSR count). The van der Waals surface area contributed by atoms with Gasteiger partial charge in [0.15, 0.2) is 0 Å². The quantitative estimate of drug-likeness (QED) is 0.916. The molecular weight excluding hydrogens is 290 g/mol. The van der Waals surface area contributed by atoms with Gasteiger partial charge in [0.25, 0.3) is 0 Å². The summed E-state index contributed by atoms with van der Waals surface area (Å²) in [5.74, 6) is 0.808. The predicted octanol–water partition coefficient (Wildman–Crippen LogP) is 2.61. The van der Waals surface area contributed by atoms with Gasteiger partial charge in [-0.05, 0) is 31.4 Å². The Hall–Kier alpha value is -2.27. The maximum atomic E-state index is 12.5. The van der Waals surface area contributed by atoms with Crippen molar-refractivity contribution in [3.05, 3.63) is 42.7 Å². The Morgan fingerprint density at radius 2 is 2.17 bits per heavy atom. The van der Waals surface area contributed by atoms with Gasteiger partial charge >= 0.3 is 6.03 Å². The van der Waals surface area contributed by atoms with Crippen molar-refractivity contribution in [2.45, 2.75) is 37.4 Å². The molecule has 0 unspecified atom stereocenters. The minimum absolute atomic E-state index is 0.0644. The molecule has 0 spiro atoms. The molecule has 2 aromatic rings. The summed E-state index contributed by atoms with van der Waals surface area (Å²) < 4.78 is 7.01. The van der Waals surface area contributed by atoms with Crippen molar-refractivity contribution in [1.82, 2.24) is 15.2 Å². The number of carbonyl (C=O) groups excluding carboxylic acids is 1. The Kier molecular flexibility index (Phi) is 3.58. The zero-order valence-electron chi connectivity index (χ0n) is 13.2. The van der Waals surface area contributed by atoms with E-state index in [0.29, 0.717) is 12.1 Å². The maximum Gasteiger partial charge on any atom is 0.325 e. The van der Waals surface area contributed by atoms with E-state index in [1.807, 2.05) is 36.5 Å². The summed E-state index contributed by atoms with van der Waals surface area (Å²) in [6, 6.07) is 11.0. The van der Waals surface area contributed by atoms with E-state index in [1.54, 1.807) is 17.9 Å². The van der Waals surface area contributed by atoms with Gasteiger partial charge in [0.05, 0.1) is 7.11 Å². The third-order valence-corrected chi connectivity index (χ3v) is 4.95. The summed E-state index contributed by atoms with van der Waals surface area (Å²) in [5.41, 5.74) is 1.96. The van der Waals surface area contributed by atoms with Crippen LogP contribution in [0.2, 0.25) is 0 Å². The number of ether oxygens (including phenoxy) is 1. The SMILES string of the molecule is COc1ccccc1-c1ccn(C(=O)N[C@@H]2C[C@H]3CC[C@@H]2N3)c1. The lowest BCUT2D eigenvalue weighted by Gasteiger charge is -2.21. The van der Waals surface area contributed by atoms with Crippen molar-refractivity contribution in [1.29, 1.82) is 0 Å². The minimum Gasteiger partial charge on any atom is -0.496 e. The van der Waals surface area contributed by atoms with Crippen LogP contribution in [0.4, 0.5) is 4.79 Å². The first-order valence-electron chi connectivity index (χ1n) is 8.13. The van der Waals surface area contributed by atoms with Crippen LogP contribution in [0, 0.1) is 0 Å². The Balaban J connectivity index is 1.50. The molecule has 2 fully saturated rings. The van der Waals surface area contributed by atoms with E-state index in [4.69, 9.17) is 4.74 Å². The smallest absolute Gasteiger partial charge is 0.325 e. The number of methoxy groups -OCH3 is 1. The summed E-state index contributed by atoms with van der Waals surface area (Å²) in [6.45, 7) is 0. The zero-order chi connectivity index (χ0) is 15.8. The fourth-order valence-corrected chi connectivity index (χ4v) is 3.78. The lowest BCUT2D eigenvalue weighted by molar-refractivity contribution is 0.236. The highest BCUT2D eigenvalue weighted by Crippen LogP contribution is 2.30. The van der Waals surface area contributed by atoms with Crippen LogP contribution in [0.3, 0.4) is 0 Å². The molecule has 0 aliphatic carbocycles. The highest BCUT2D eigenvalue weighted by Gasteiger charge is 2.39. The molecule has 2 bridgehead atoms. The molecule has 1 aromatic heterocycles. The number of fused-ring (bicyclic) bond motifs is 2. The summed E-state index contributed by atoms with van der Waals surface area (Å²) in [5, 5.41) is 6.69. The third kappa shape index (κ3) is 2.61. The van der Waals surface area contributed by atoms with E-state index in [2.05, 4.69) is 10.6 Å². The molecule has 5 nitrogen and oxygen atoms in total. The van der Waals surface area contributed by atoms with Crippen LogP contribution in [0.15, 0.2) is 42.7 Å². The van der Waals surface area contributed by atoms with E-state index >= 15 is 0 Å². The standard InChI is InChI=1S/C18H21N3O2/c1-23-17-5-3-2-4-14(17)12-8-9-21(11-12)18(22)20-16-10-13-6-7-15(16)19-13/h2-5,8-9,11,13,15-16,19H,6-7,10H2,1H3,(H,20,22)/t13-,15+,16-/m1/s1. The molecule has 0 saturated carbocycles. The molecule has 3 heterocycles.